The van der Waals surface area contributed by atoms with Crippen LogP contribution in [0.1, 0.15) is 39.8 Å². The van der Waals surface area contributed by atoms with Crippen molar-refractivity contribution in [3.8, 4) is 0 Å². The lowest BCUT2D eigenvalue weighted by Gasteiger charge is -2.06. The van der Waals surface area contributed by atoms with Gasteiger partial charge in [-0.25, -0.2) is 4.85 Å². The molecule has 2 aromatic rings. The van der Waals surface area contributed by atoms with Crippen molar-refractivity contribution in [1.82, 2.24) is 15.6 Å². The number of benzene rings is 1. The largest absolute Gasteiger partial charge is 0.358 e. The van der Waals surface area contributed by atoms with Gasteiger partial charge in [-0.3, -0.25) is 14.4 Å². The van der Waals surface area contributed by atoms with Crippen molar-refractivity contribution in [3.05, 3.63) is 57.7 Å². The quantitative estimate of drug-likeness (QED) is 0.357. The third kappa shape index (κ3) is 4.04. The molecule has 3 amide bonds. The van der Waals surface area contributed by atoms with Crippen LogP contribution in [0.15, 0.2) is 18.2 Å². The van der Waals surface area contributed by atoms with Crippen LogP contribution in [-0.2, 0) is 9.59 Å². The van der Waals surface area contributed by atoms with Crippen LogP contribution >= 0.6 is 0 Å². The first-order valence-corrected chi connectivity index (χ1v) is 9.08. The number of amides is 3. The Hall–Kier alpha value is -3.86. The van der Waals surface area contributed by atoms with E-state index in [4.69, 9.17) is 6.57 Å². The fourth-order valence-corrected chi connectivity index (χ4v) is 3.30. The first kappa shape index (κ1) is 19.9. The molecule has 0 spiro atoms. The normalized spacial score (nSPS) is 13.6. The third-order valence-electron chi connectivity index (χ3n) is 4.69. The van der Waals surface area contributed by atoms with Gasteiger partial charge < -0.3 is 20.9 Å². The number of H-pyrrole nitrogens is 1. The van der Waals surface area contributed by atoms with Crippen LogP contribution in [0.5, 0.6) is 0 Å². The minimum atomic E-state index is -0.255. The SMILES string of the molecule is [C-]#[N+]c1ccc2c(c1)C(=Cc1[nH]c(C)c(C(=O)NCCNC(C)=O)c1C)C(=O)N2. The number of aromatic amines is 1. The van der Waals surface area contributed by atoms with Gasteiger partial charge in [0.05, 0.1) is 12.1 Å². The zero-order chi connectivity index (χ0) is 21.1. The maximum Gasteiger partial charge on any atom is 0.256 e. The lowest BCUT2D eigenvalue weighted by atomic mass is 10.0. The molecule has 4 N–H and O–H groups in total. The van der Waals surface area contributed by atoms with Crippen molar-refractivity contribution in [2.24, 2.45) is 0 Å². The first-order chi connectivity index (χ1) is 13.8. The van der Waals surface area contributed by atoms with E-state index in [0.717, 1.165) is 5.56 Å². The number of aryl methyl sites for hydroxylation is 1. The Morgan fingerprint density at radius 3 is 2.62 bits per heavy atom. The average molecular weight is 391 g/mol. The summed E-state index contributed by atoms with van der Waals surface area (Å²) in [7, 11) is 0. The van der Waals surface area contributed by atoms with Crippen molar-refractivity contribution in [1.29, 1.82) is 0 Å². The number of hydrogen-bond donors (Lipinski definition) is 4. The number of anilines is 1. The molecule has 1 aliphatic heterocycles. The zero-order valence-electron chi connectivity index (χ0n) is 16.4. The average Bonchev–Trinajstić information content (AvgIpc) is 3.14. The van der Waals surface area contributed by atoms with E-state index in [1.54, 1.807) is 31.2 Å². The number of carbonyl (C=O) groups is 3. The van der Waals surface area contributed by atoms with E-state index < -0.39 is 0 Å². The molecule has 3 rings (SSSR count). The van der Waals surface area contributed by atoms with Crippen molar-refractivity contribution < 1.29 is 14.4 Å². The van der Waals surface area contributed by atoms with Gasteiger partial charge in [0.15, 0.2) is 5.69 Å². The topological polar surface area (TPSA) is 107 Å². The standard InChI is InChI=1S/C21H21N5O3/c1-11-18(25-12(2)19(11)21(29)24-8-7-23-13(3)27)10-16-15-9-14(22-4)5-6-17(15)26-20(16)28/h5-6,9-10,25H,7-8H2,1-3H3,(H,23,27)(H,24,29)(H,26,28). The Bertz CT molecular complexity index is 1090. The van der Waals surface area contributed by atoms with Gasteiger partial charge in [-0.15, -0.1) is 0 Å². The molecule has 0 atom stereocenters. The van der Waals surface area contributed by atoms with Crippen LogP contribution in [-0.4, -0.2) is 35.8 Å². The van der Waals surface area contributed by atoms with Crippen molar-refractivity contribution in [2.75, 3.05) is 18.4 Å². The van der Waals surface area contributed by atoms with Crippen LogP contribution < -0.4 is 16.0 Å². The van der Waals surface area contributed by atoms with Gasteiger partial charge >= 0.3 is 0 Å². The fraction of sp³-hybridized carbons (Fsp3) is 0.238. The van der Waals surface area contributed by atoms with E-state index in [1.807, 2.05) is 6.92 Å². The fourth-order valence-electron chi connectivity index (χ4n) is 3.30. The number of aromatic nitrogens is 1. The maximum absolute atomic E-state index is 12.6. The second-order valence-corrected chi connectivity index (χ2v) is 6.76. The lowest BCUT2D eigenvalue weighted by Crippen LogP contribution is -2.34. The van der Waals surface area contributed by atoms with Crippen LogP contribution in [0.3, 0.4) is 0 Å². The Labute approximate surface area is 168 Å². The summed E-state index contributed by atoms with van der Waals surface area (Å²) in [4.78, 5) is 42.5. The molecule has 1 aromatic heterocycles. The van der Waals surface area contributed by atoms with E-state index in [9.17, 15) is 14.4 Å². The highest BCUT2D eigenvalue weighted by molar-refractivity contribution is 6.35. The molecule has 0 radical (unpaired) electrons. The third-order valence-corrected chi connectivity index (χ3v) is 4.69. The van der Waals surface area contributed by atoms with Gasteiger partial charge in [0.2, 0.25) is 5.91 Å². The summed E-state index contributed by atoms with van der Waals surface area (Å²) in [5.41, 5.74) is 4.77. The van der Waals surface area contributed by atoms with Gasteiger partial charge in [0.25, 0.3) is 11.8 Å². The smallest absolute Gasteiger partial charge is 0.256 e. The maximum atomic E-state index is 12.6. The summed E-state index contributed by atoms with van der Waals surface area (Å²) in [5, 5.41) is 8.19. The molecule has 2 heterocycles. The number of carbonyl (C=O) groups excluding carboxylic acids is 3. The minimum absolute atomic E-state index is 0.154. The molecule has 8 nitrogen and oxygen atoms in total. The Kier molecular flexibility index (Phi) is 5.50. The molecule has 1 aliphatic rings. The van der Waals surface area contributed by atoms with Gasteiger partial charge in [-0.2, -0.15) is 0 Å². The molecule has 1 aromatic carbocycles. The molecule has 0 fully saturated rings. The number of rotatable bonds is 5. The van der Waals surface area contributed by atoms with E-state index in [1.165, 1.54) is 6.92 Å². The highest BCUT2D eigenvalue weighted by Gasteiger charge is 2.25. The molecule has 0 aliphatic carbocycles. The van der Waals surface area contributed by atoms with E-state index in [-0.39, 0.29) is 17.7 Å². The van der Waals surface area contributed by atoms with Crippen LogP contribution in [0, 0.1) is 20.4 Å². The van der Waals surface area contributed by atoms with Gasteiger partial charge in [0, 0.05) is 48.2 Å². The molecule has 0 saturated carbocycles. The van der Waals surface area contributed by atoms with Gasteiger partial charge in [-0.05, 0) is 37.6 Å². The molecule has 0 saturated heterocycles. The van der Waals surface area contributed by atoms with Crippen LogP contribution in [0.4, 0.5) is 11.4 Å². The summed E-state index contributed by atoms with van der Waals surface area (Å²) in [5.74, 6) is -0.661. The van der Waals surface area contributed by atoms with Gasteiger partial charge in [-0.1, -0.05) is 6.07 Å². The highest BCUT2D eigenvalue weighted by Crippen LogP contribution is 2.36. The Morgan fingerprint density at radius 1 is 1.21 bits per heavy atom. The number of nitrogens with one attached hydrogen (secondary N) is 4. The summed E-state index contributed by atoms with van der Waals surface area (Å²) in [6.07, 6.45) is 1.70. The summed E-state index contributed by atoms with van der Waals surface area (Å²) < 4.78 is 0. The number of hydrogen-bond acceptors (Lipinski definition) is 3. The monoisotopic (exact) mass is 391 g/mol. The molecule has 148 valence electrons. The predicted octanol–water partition coefficient (Wildman–Crippen LogP) is 2.54. The molecular formula is C21H21N5O3. The molecule has 8 heteroatoms. The van der Waals surface area contributed by atoms with E-state index >= 15 is 0 Å². The highest BCUT2D eigenvalue weighted by atomic mass is 16.2. The van der Waals surface area contributed by atoms with Crippen molar-refractivity contribution in [3.63, 3.8) is 0 Å². The summed E-state index contributed by atoms with van der Waals surface area (Å²) >= 11 is 0. The van der Waals surface area contributed by atoms with Crippen LogP contribution in [0.2, 0.25) is 0 Å². The first-order valence-electron chi connectivity index (χ1n) is 9.08. The van der Waals surface area contributed by atoms with Crippen molar-refractivity contribution in [2.45, 2.75) is 20.8 Å². The van der Waals surface area contributed by atoms with Crippen LogP contribution in [0.25, 0.3) is 16.5 Å². The van der Waals surface area contributed by atoms with Crippen molar-refractivity contribution >= 4 is 40.7 Å². The Morgan fingerprint density at radius 2 is 1.93 bits per heavy atom. The molecule has 0 unspecified atom stereocenters. The summed E-state index contributed by atoms with van der Waals surface area (Å²) in [6, 6.07) is 5.04. The zero-order valence-corrected chi connectivity index (χ0v) is 16.4. The minimum Gasteiger partial charge on any atom is -0.358 e. The second kappa shape index (κ2) is 8.02. The molecule has 29 heavy (non-hydrogen) atoms. The Balaban J connectivity index is 1.88. The molecular weight excluding hydrogens is 370 g/mol. The number of nitrogens with zero attached hydrogens (tertiary/aromatic N) is 1. The predicted molar refractivity (Wildman–Crippen MR) is 110 cm³/mol. The van der Waals surface area contributed by atoms with E-state index in [2.05, 4.69) is 25.8 Å². The second-order valence-electron chi connectivity index (χ2n) is 6.76. The number of fused-ring (bicyclic) bond motifs is 1. The molecule has 0 bridgehead atoms. The summed E-state index contributed by atoms with van der Waals surface area (Å²) in [6.45, 7) is 12.9. The lowest BCUT2D eigenvalue weighted by molar-refractivity contribution is -0.119. The van der Waals surface area contributed by atoms with Gasteiger partial charge in [0.1, 0.15) is 0 Å². The van der Waals surface area contributed by atoms with E-state index in [0.29, 0.717) is 52.6 Å².